The number of hydrogen-bond donors (Lipinski definition) is 2. The van der Waals surface area contributed by atoms with Crippen LogP contribution in [0.3, 0.4) is 0 Å². The van der Waals surface area contributed by atoms with E-state index in [9.17, 15) is 4.79 Å². The first-order valence-electron chi connectivity index (χ1n) is 5.02. The van der Waals surface area contributed by atoms with Crippen molar-refractivity contribution in [3.8, 4) is 5.75 Å². The smallest absolute Gasteiger partial charge is 0.264 e. The molecular weight excluding hydrogens is 277 g/mol. The summed E-state index contributed by atoms with van der Waals surface area (Å²) in [6.45, 7) is -0.165. The van der Waals surface area contributed by atoms with E-state index in [0.29, 0.717) is 21.7 Å². The van der Waals surface area contributed by atoms with E-state index in [4.69, 9.17) is 27.9 Å². The molecule has 1 amide bonds. The van der Waals surface area contributed by atoms with Crippen LogP contribution in [0.25, 0.3) is 0 Å². The van der Waals surface area contributed by atoms with Gasteiger partial charge in [-0.3, -0.25) is 10.1 Å². The van der Waals surface area contributed by atoms with Crippen LogP contribution in [-0.4, -0.2) is 22.5 Å². The molecule has 1 aromatic heterocycles. The minimum absolute atomic E-state index is 0.165. The Hall–Kier alpha value is -1.72. The van der Waals surface area contributed by atoms with Gasteiger partial charge in [0.2, 0.25) is 5.95 Å². The Morgan fingerprint density at radius 3 is 2.94 bits per heavy atom. The van der Waals surface area contributed by atoms with Gasteiger partial charge >= 0.3 is 0 Å². The number of rotatable bonds is 4. The number of imidazole rings is 1. The van der Waals surface area contributed by atoms with Crippen molar-refractivity contribution in [2.24, 2.45) is 0 Å². The molecule has 0 unspecified atom stereocenters. The fourth-order valence-corrected chi connectivity index (χ4v) is 1.70. The van der Waals surface area contributed by atoms with Crippen molar-refractivity contribution in [1.82, 2.24) is 9.97 Å². The van der Waals surface area contributed by atoms with Crippen LogP contribution in [-0.2, 0) is 4.79 Å². The molecule has 0 saturated heterocycles. The summed E-state index contributed by atoms with van der Waals surface area (Å²) in [4.78, 5) is 18.1. The molecule has 94 valence electrons. The zero-order valence-corrected chi connectivity index (χ0v) is 10.6. The Labute approximate surface area is 113 Å². The first-order chi connectivity index (χ1) is 8.65. The highest BCUT2D eigenvalue weighted by molar-refractivity contribution is 6.35. The van der Waals surface area contributed by atoms with Gasteiger partial charge in [0.1, 0.15) is 5.75 Å². The number of ether oxygens (including phenoxy) is 1. The summed E-state index contributed by atoms with van der Waals surface area (Å²) in [6, 6.07) is 4.78. The molecule has 0 saturated carbocycles. The van der Waals surface area contributed by atoms with Crippen LogP contribution >= 0.6 is 23.2 Å². The molecule has 0 fully saturated rings. The van der Waals surface area contributed by atoms with Crippen molar-refractivity contribution in [2.75, 3.05) is 11.9 Å². The predicted octanol–water partition coefficient (Wildman–Crippen LogP) is 2.73. The van der Waals surface area contributed by atoms with Crippen molar-refractivity contribution < 1.29 is 9.53 Å². The van der Waals surface area contributed by atoms with Crippen LogP contribution in [0.1, 0.15) is 0 Å². The van der Waals surface area contributed by atoms with Crippen molar-refractivity contribution in [3.05, 3.63) is 40.6 Å². The maximum absolute atomic E-state index is 11.5. The molecule has 0 spiro atoms. The fraction of sp³-hybridized carbons (Fsp3) is 0.0909. The lowest BCUT2D eigenvalue weighted by Gasteiger charge is -2.07. The van der Waals surface area contributed by atoms with Crippen molar-refractivity contribution in [3.63, 3.8) is 0 Å². The normalized spacial score (nSPS) is 10.1. The van der Waals surface area contributed by atoms with Crippen LogP contribution in [0.15, 0.2) is 30.6 Å². The number of carbonyl (C=O) groups excluding carboxylic acids is 1. The van der Waals surface area contributed by atoms with Crippen LogP contribution in [0, 0.1) is 0 Å². The molecule has 0 bridgehead atoms. The zero-order chi connectivity index (χ0) is 13.0. The minimum Gasteiger partial charge on any atom is -0.482 e. The average Bonchev–Trinajstić information content (AvgIpc) is 2.80. The summed E-state index contributed by atoms with van der Waals surface area (Å²) in [5.74, 6) is 0.428. The summed E-state index contributed by atoms with van der Waals surface area (Å²) < 4.78 is 5.26. The number of carbonyl (C=O) groups is 1. The topological polar surface area (TPSA) is 67.0 Å². The van der Waals surface area contributed by atoms with Gasteiger partial charge in [-0.25, -0.2) is 4.98 Å². The summed E-state index contributed by atoms with van der Waals surface area (Å²) in [7, 11) is 0. The highest BCUT2D eigenvalue weighted by atomic mass is 35.5. The van der Waals surface area contributed by atoms with Crippen molar-refractivity contribution in [2.45, 2.75) is 0 Å². The van der Waals surface area contributed by atoms with Crippen LogP contribution in [0.5, 0.6) is 5.75 Å². The van der Waals surface area contributed by atoms with E-state index in [-0.39, 0.29) is 12.5 Å². The second kappa shape index (κ2) is 5.75. The Bertz CT molecular complexity index is 543. The molecule has 2 N–H and O–H groups in total. The molecule has 2 aromatic rings. The minimum atomic E-state index is -0.337. The third-order valence-corrected chi connectivity index (χ3v) is 2.54. The summed E-state index contributed by atoms with van der Waals surface area (Å²) in [5.41, 5.74) is 0. The van der Waals surface area contributed by atoms with E-state index >= 15 is 0 Å². The van der Waals surface area contributed by atoms with Gasteiger partial charge in [0, 0.05) is 17.4 Å². The Morgan fingerprint density at radius 2 is 2.28 bits per heavy atom. The molecule has 0 aliphatic carbocycles. The van der Waals surface area contributed by atoms with E-state index in [2.05, 4.69) is 15.3 Å². The van der Waals surface area contributed by atoms with E-state index in [1.807, 2.05) is 0 Å². The first-order valence-corrected chi connectivity index (χ1v) is 5.78. The second-order valence-corrected chi connectivity index (χ2v) is 4.19. The molecule has 0 aliphatic heterocycles. The molecule has 7 heteroatoms. The monoisotopic (exact) mass is 285 g/mol. The highest BCUT2D eigenvalue weighted by Gasteiger charge is 2.07. The Balaban J connectivity index is 1.89. The summed E-state index contributed by atoms with van der Waals surface area (Å²) >= 11 is 11.6. The number of nitrogens with one attached hydrogen (secondary N) is 2. The van der Waals surface area contributed by atoms with E-state index in [1.54, 1.807) is 24.4 Å². The number of nitrogens with zero attached hydrogens (tertiary/aromatic N) is 1. The van der Waals surface area contributed by atoms with Gasteiger partial charge in [-0.2, -0.15) is 0 Å². The van der Waals surface area contributed by atoms with Gasteiger partial charge < -0.3 is 9.72 Å². The van der Waals surface area contributed by atoms with Crippen LogP contribution < -0.4 is 10.1 Å². The highest BCUT2D eigenvalue weighted by Crippen LogP contribution is 2.27. The maximum atomic E-state index is 11.5. The maximum Gasteiger partial charge on any atom is 0.264 e. The molecule has 18 heavy (non-hydrogen) atoms. The van der Waals surface area contributed by atoms with Crippen molar-refractivity contribution in [1.29, 1.82) is 0 Å². The largest absolute Gasteiger partial charge is 0.482 e. The first kappa shape index (κ1) is 12.7. The Morgan fingerprint density at radius 1 is 1.44 bits per heavy atom. The number of hydrogen-bond acceptors (Lipinski definition) is 3. The van der Waals surface area contributed by atoms with E-state index in [1.165, 1.54) is 6.20 Å². The number of benzene rings is 1. The predicted molar refractivity (Wildman–Crippen MR) is 69.2 cm³/mol. The number of aromatic amines is 1. The SMILES string of the molecule is O=C(COc1ccc(Cl)cc1Cl)Nc1ncc[nH]1. The quantitative estimate of drug-likeness (QED) is 0.908. The molecule has 0 radical (unpaired) electrons. The molecule has 0 atom stereocenters. The number of aromatic nitrogens is 2. The van der Waals surface area contributed by atoms with Crippen LogP contribution in [0.4, 0.5) is 5.95 Å². The van der Waals surface area contributed by atoms with Crippen molar-refractivity contribution >= 4 is 35.1 Å². The number of halogens is 2. The third-order valence-electron chi connectivity index (χ3n) is 2.01. The number of anilines is 1. The molecule has 1 aromatic carbocycles. The lowest BCUT2D eigenvalue weighted by atomic mass is 10.3. The number of H-pyrrole nitrogens is 1. The molecule has 2 rings (SSSR count). The lowest BCUT2D eigenvalue weighted by molar-refractivity contribution is -0.118. The zero-order valence-electron chi connectivity index (χ0n) is 9.11. The molecule has 0 aliphatic rings. The Kier molecular flexibility index (Phi) is 4.07. The van der Waals surface area contributed by atoms with Gasteiger partial charge in [0.15, 0.2) is 6.61 Å². The second-order valence-electron chi connectivity index (χ2n) is 3.35. The lowest BCUT2D eigenvalue weighted by Crippen LogP contribution is -2.20. The van der Waals surface area contributed by atoms with Gasteiger partial charge in [-0.15, -0.1) is 0 Å². The van der Waals surface area contributed by atoms with Gasteiger partial charge in [-0.05, 0) is 18.2 Å². The average molecular weight is 286 g/mol. The molecule has 1 heterocycles. The molecule has 5 nitrogen and oxygen atoms in total. The van der Waals surface area contributed by atoms with Gasteiger partial charge in [0.25, 0.3) is 5.91 Å². The summed E-state index contributed by atoms with van der Waals surface area (Å²) in [5, 5.41) is 3.38. The summed E-state index contributed by atoms with van der Waals surface area (Å²) in [6.07, 6.45) is 3.14. The van der Waals surface area contributed by atoms with Gasteiger partial charge in [0.05, 0.1) is 5.02 Å². The molecular formula is C11H9Cl2N3O2. The number of amides is 1. The fourth-order valence-electron chi connectivity index (χ4n) is 1.24. The van der Waals surface area contributed by atoms with E-state index in [0.717, 1.165) is 0 Å². The standard InChI is InChI=1S/C11H9Cl2N3O2/c12-7-1-2-9(8(13)5-7)18-6-10(17)16-11-14-3-4-15-11/h1-5H,6H2,(H2,14,15,16,17). The van der Waals surface area contributed by atoms with Gasteiger partial charge in [-0.1, -0.05) is 23.2 Å². The third kappa shape index (κ3) is 3.38. The van der Waals surface area contributed by atoms with Crippen LogP contribution in [0.2, 0.25) is 10.0 Å². The van der Waals surface area contributed by atoms with E-state index < -0.39 is 0 Å².